The molecule has 0 saturated heterocycles. The van der Waals surface area contributed by atoms with E-state index in [9.17, 15) is 9.90 Å². The standard InChI is InChI=1S/C22H19NO3/c1-2-26-19-13-7-16(8-14-19)15-23-18-11-9-17(10-12-18)20-5-3-4-6-21(20)22(24)25/h3-15H,2H2,1H3,(H,24,25)/b23-15+. The first kappa shape index (κ1) is 17.4. The first-order valence-corrected chi connectivity index (χ1v) is 8.37. The minimum absolute atomic E-state index is 0.290. The summed E-state index contributed by atoms with van der Waals surface area (Å²) in [5.41, 5.74) is 3.62. The van der Waals surface area contributed by atoms with E-state index in [4.69, 9.17) is 4.74 Å². The highest BCUT2D eigenvalue weighted by atomic mass is 16.5. The van der Waals surface area contributed by atoms with Crippen molar-refractivity contribution in [1.29, 1.82) is 0 Å². The molecule has 0 saturated carbocycles. The molecule has 0 bridgehead atoms. The van der Waals surface area contributed by atoms with Gasteiger partial charge in [-0.2, -0.15) is 0 Å². The number of hydrogen-bond donors (Lipinski definition) is 1. The van der Waals surface area contributed by atoms with Gasteiger partial charge in [-0.3, -0.25) is 4.99 Å². The van der Waals surface area contributed by atoms with Crippen molar-refractivity contribution in [1.82, 2.24) is 0 Å². The van der Waals surface area contributed by atoms with E-state index in [-0.39, 0.29) is 5.56 Å². The van der Waals surface area contributed by atoms with E-state index in [1.165, 1.54) is 0 Å². The molecule has 4 heteroatoms. The number of carboxylic acids is 1. The minimum Gasteiger partial charge on any atom is -0.494 e. The quantitative estimate of drug-likeness (QED) is 0.625. The molecule has 0 heterocycles. The van der Waals surface area contributed by atoms with Gasteiger partial charge in [0.2, 0.25) is 0 Å². The average molecular weight is 345 g/mol. The molecule has 0 aliphatic heterocycles. The molecule has 26 heavy (non-hydrogen) atoms. The van der Waals surface area contributed by atoms with Crippen LogP contribution in [-0.2, 0) is 0 Å². The summed E-state index contributed by atoms with van der Waals surface area (Å²) in [6.45, 7) is 2.60. The van der Waals surface area contributed by atoms with Gasteiger partial charge in [-0.15, -0.1) is 0 Å². The van der Waals surface area contributed by atoms with Crippen LogP contribution in [0.15, 0.2) is 77.8 Å². The molecule has 0 spiro atoms. The zero-order valence-corrected chi connectivity index (χ0v) is 14.4. The predicted octanol–water partition coefficient (Wildman–Crippen LogP) is 5.20. The summed E-state index contributed by atoms with van der Waals surface area (Å²) in [7, 11) is 0. The molecule has 0 aromatic heterocycles. The highest BCUT2D eigenvalue weighted by Crippen LogP contribution is 2.26. The summed E-state index contributed by atoms with van der Waals surface area (Å²) in [5.74, 6) is -0.0932. The number of carbonyl (C=O) groups is 1. The van der Waals surface area contributed by atoms with E-state index in [0.29, 0.717) is 12.2 Å². The Morgan fingerprint density at radius 1 is 1.00 bits per heavy atom. The van der Waals surface area contributed by atoms with Gasteiger partial charge >= 0.3 is 5.97 Å². The molecule has 0 amide bonds. The molecule has 3 aromatic carbocycles. The van der Waals surface area contributed by atoms with Crippen LogP contribution in [0.4, 0.5) is 5.69 Å². The molecule has 0 fully saturated rings. The zero-order chi connectivity index (χ0) is 18.4. The Morgan fingerprint density at radius 3 is 2.35 bits per heavy atom. The van der Waals surface area contributed by atoms with Crippen LogP contribution < -0.4 is 4.74 Å². The maximum atomic E-state index is 11.4. The lowest BCUT2D eigenvalue weighted by atomic mass is 9.99. The Hall–Kier alpha value is -3.40. The second kappa shape index (κ2) is 8.12. The third kappa shape index (κ3) is 4.16. The van der Waals surface area contributed by atoms with Crippen LogP contribution in [0.25, 0.3) is 11.1 Å². The SMILES string of the molecule is CCOc1ccc(/C=N/c2ccc(-c3ccccc3C(=O)O)cc2)cc1. The van der Waals surface area contributed by atoms with Gasteiger partial charge in [-0.25, -0.2) is 4.79 Å². The Morgan fingerprint density at radius 2 is 1.69 bits per heavy atom. The van der Waals surface area contributed by atoms with E-state index in [0.717, 1.165) is 22.6 Å². The fraction of sp³-hybridized carbons (Fsp3) is 0.0909. The van der Waals surface area contributed by atoms with Gasteiger partial charge in [0.05, 0.1) is 17.9 Å². The lowest BCUT2D eigenvalue weighted by molar-refractivity contribution is 0.0697. The fourth-order valence-corrected chi connectivity index (χ4v) is 2.61. The van der Waals surface area contributed by atoms with Crippen molar-refractivity contribution in [2.75, 3.05) is 6.61 Å². The largest absolute Gasteiger partial charge is 0.494 e. The maximum Gasteiger partial charge on any atom is 0.336 e. The van der Waals surface area contributed by atoms with Crippen LogP contribution in [0.2, 0.25) is 0 Å². The number of carboxylic acid groups (broad SMARTS) is 1. The molecule has 0 aliphatic carbocycles. The first-order valence-electron chi connectivity index (χ1n) is 8.37. The summed E-state index contributed by atoms with van der Waals surface area (Å²) < 4.78 is 5.42. The van der Waals surface area contributed by atoms with Crippen molar-refractivity contribution in [3.63, 3.8) is 0 Å². The molecule has 0 unspecified atom stereocenters. The second-order valence-electron chi connectivity index (χ2n) is 5.66. The number of benzene rings is 3. The number of ether oxygens (including phenoxy) is 1. The molecule has 0 radical (unpaired) electrons. The van der Waals surface area contributed by atoms with Gasteiger partial charge in [0.1, 0.15) is 5.75 Å². The molecule has 0 atom stereocenters. The molecule has 3 rings (SSSR count). The van der Waals surface area contributed by atoms with Crippen LogP contribution in [0, 0.1) is 0 Å². The predicted molar refractivity (Wildman–Crippen MR) is 104 cm³/mol. The molecule has 0 aliphatic rings. The Kier molecular flexibility index (Phi) is 5.44. The summed E-state index contributed by atoms with van der Waals surface area (Å²) >= 11 is 0. The Bertz CT molecular complexity index is 913. The van der Waals surface area contributed by atoms with Crippen molar-refractivity contribution < 1.29 is 14.6 Å². The minimum atomic E-state index is -0.932. The number of rotatable bonds is 6. The van der Waals surface area contributed by atoms with E-state index in [1.807, 2.05) is 67.6 Å². The highest BCUT2D eigenvalue weighted by molar-refractivity contribution is 5.96. The summed E-state index contributed by atoms with van der Waals surface area (Å²) in [5, 5.41) is 9.31. The molecule has 130 valence electrons. The average Bonchev–Trinajstić information content (AvgIpc) is 2.68. The van der Waals surface area contributed by atoms with Crippen molar-refractivity contribution in [2.45, 2.75) is 6.92 Å². The number of aliphatic imine (C=N–C) groups is 1. The van der Waals surface area contributed by atoms with Gasteiger partial charge in [-0.1, -0.05) is 30.3 Å². The number of aromatic carboxylic acids is 1. The van der Waals surface area contributed by atoms with Gasteiger partial charge in [0, 0.05) is 6.21 Å². The smallest absolute Gasteiger partial charge is 0.336 e. The van der Waals surface area contributed by atoms with Gasteiger partial charge < -0.3 is 9.84 Å². The molecule has 3 aromatic rings. The third-order valence-electron chi connectivity index (χ3n) is 3.89. The zero-order valence-electron chi connectivity index (χ0n) is 14.4. The van der Waals surface area contributed by atoms with Gasteiger partial charge in [0.25, 0.3) is 0 Å². The lowest BCUT2D eigenvalue weighted by Gasteiger charge is -2.06. The van der Waals surface area contributed by atoms with E-state index >= 15 is 0 Å². The summed E-state index contributed by atoms with van der Waals surface area (Å²) in [6, 6.07) is 22.2. The Labute approximate surface area is 152 Å². The molecular formula is C22H19NO3. The van der Waals surface area contributed by atoms with Crippen LogP contribution in [0.1, 0.15) is 22.8 Å². The van der Waals surface area contributed by atoms with Crippen LogP contribution in [-0.4, -0.2) is 23.9 Å². The lowest BCUT2D eigenvalue weighted by Crippen LogP contribution is -1.98. The highest BCUT2D eigenvalue weighted by Gasteiger charge is 2.10. The second-order valence-corrected chi connectivity index (χ2v) is 5.66. The van der Waals surface area contributed by atoms with Crippen LogP contribution in [0.3, 0.4) is 0 Å². The van der Waals surface area contributed by atoms with Gasteiger partial charge in [-0.05, 0) is 66.1 Å². The fourth-order valence-electron chi connectivity index (χ4n) is 2.61. The van der Waals surface area contributed by atoms with E-state index in [2.05, 4.69) is 4.99 Å². The molecular weight excluding hydrogens is 326 g/mol. The van der Waals surface area contributed by atoms with Crippen LogP contribution in [0.5, 0.6) is 5.75 Å². The number of nitrogens with zero attached hydrogens (tertiary/aromatic N) is 1. The van der Waals surface area contributed by atoms with Gasteiger partial charge in [0.15, 0.2) is 0 Å². The normalized spacial score (nSPS) is 10.8. The molecule has 4 nitrogen and oxygen atoms in total. The third-order valence-corrected chi connectivity index (χ3v) is 3.89. The molecule has 1 N–H and O–H groups in total. The van der Waals surface area contributed by atoms with E-state index in [1.54, 1.807) is 18.3 Å². The van der Waals surface area contributed by atoms with E-state index < -0.39 is 5.97 Å². The number of hydrogen-bond acceptors (Lipinski definition) is 3. The van der Waals surface area contributed by atoms with Crippen molar-refractivity contribution >= 4 is 17.9 Å². The first-order chi connectivity index (χ1) is 12.7. The van der Waals surface area contributed by atoms with Crippen molar-refractivity contribution in [3.8, 4) is 16.9 Å². The topological polar surface area (TPSA) is 58.9 Å². The summed E-state index contributed by atoms with van der Waals surface area (Å²) in [6.07, 6.45) is 1.79. The van der Waals surface area contributed by atoms with Crippen molar-refractivity contribution in [2.24, 2.45) is 4.99 Å². The monoisotopic (exact) mass is 345 g/mol. The van der Waals surface area contributed by atoms with Crippen LogP contribution >= 0.6 is 0 Å². The van der Waals surface area contributed by atoms with Crippen molar-refractivity contribution in [3.05, 3.63) is 83.9 Å². The maximum absolute atomic E-state index is 11.4. The summed E-state index contributed by atoms with van der Waals surface area (Å²) in [4.78, 5) is 15.8. The Balaban J connectivity index is 1.77.